The Morgan fingerprint density at radius 2 is 2.00 bits per heavy atom. The zero-order chi connectivity index (χ0) is 12.6. The molecule has 0 unspecified atom stereocenters. The lowest BCUT2D eigenvalue weighted by Gasteiger charge is -2.03. The molecule has 2 heterocycles. The minimum Gasteiger partial charge on any atom is -0.399 e. The van der Waals surface area contributed by atoms with Crippen molar-refractivity contribution < 1.29 is 13.2 Å². The zero-order valence-electron chi connectivity index (χ0n) is 8.24. The first kappa shape index (κ1) is 11.7. The number of nitrogen functional groups attached to an aromatic ring is 1. The number of anilines is 1. The van der Waals surface area contributed by atoms with Gasteiger partial charge in [-0.2, -0.15) is 18.3 Å². The Bertz CT molecular complexity index is 529. The number of nitrogens with two attached hydrogens (primary N) is 1. The SMILES string of the molecule is Nc1cc(Cl)nc(-n2ccc(C(F)(F)F)n2)c1. The van der Waals surface area contributed by atoms with Crippen molar-refractivity contribution in [3.8, 4) is 5.82 Å². The predicted molar refractivity (Wildman–Crippen MR) is 55.8 cm³/mol. The van der Waals surface area contributed by atoms with Crippen molar-refractivity contribution >= 4 is 17.3 Å². The molecule has 0 aliphatic carbocycles. The monoisotopic (exact) mass is 262 g/mol. The molecular formula is C9H6ClF3N4. The minimum atomic E-state index is -4.49. The summed E-state index contributed by atoms with van der Waals surface area (Å²) in [5.74, 6) is 0.130. The van der Waals surface area contributed by atoms with Crippen molar-refractivity contribution in [2.45, 2.75) is 6.18 Å². The summed E-state index contributed by atoms with van der Waals surface area (Å²) in [6, 6.07) is 3.61. The number of aromatic nitrogens is 3. The third-order valence-corrected chi connectivity index (χ3v) is 2.11. The standard InChI is InChI=1S/C9H6ClF3N4/c10-7-3-5(14)4-8(15-7)17-2-1-6(16-17)9(11,12)13/h1-4H,(H2,14,15). The van der Waals surface area contributed by atoms with Crippen LogP contribution in [0.15, 0.2) is 24.4 Å². The predicted octanol–water partition coefficient (Wildman–Crippen LogP) is 2.52. The molecule has 0 atom stereocenters. The molecule has 0 fully saturated rings. The van der Waals surface area contributed by atoms with Crippen molar-refractivity contribution in [3.63, 3.8) is 0 Å². The lowest BCUT2D eigenvalue weighted by Crippen LogP contribution is -2.08. The van der Waals surface area contributed by atoms with Crippen LogP contribution >= 0.6 is 11.6 Å². The van der Waals surface area contributed by atoms with E-state index in [2.05, 4.69) is 10.1 Å². The number of nitrogens with zero attached hydrogens (tertiary/aromatic N) is 3. The summed E-state index contributed by atoms with van der Waals surface area (Å²) in [6.45, 7) is 0. The first-order chi connectivity index (χ1) is 7.86. The highest BCUT2D eigenvalue weighted by molar-refractivity contribution is 6.29. The molecule has 90 valence electrons. The maximum atomic E-state index is 12.3. The van der Waals surface area contributed by atoms with Gasteiger partial charge in [0.05, 0.1) is 0 Å². The van der Waals surface area contributed by atoms with Gasteiger partial charge in [0.1, 0.15) is 5.15 Å². The zero-order valence-corrected chi connectivity index (χ0v) is 9.00. The van der Waals surface area contributed by atoms with Gasteiger partial charge in [-0.15, -0.1) is 0 Å². The average molecular weight is 263 g/mol. The van der Waals surface area contributed by atoms with Crippen molar-refractivity contribution in [2.24, 2.45) is 0 Å². The molecule has 0 amide bonds. The molecular weight excluding hydrogens is 257 g/mol. The third kappa shape index (κ3) is 2.50. The molecule has 0 aliphatic rings. The van der Waals surface area contributed by atoms with Crippen molar-refractivity contribution in [2.75, 3.05) is 5.73 Å². The Balaban J connectivity index is 2.44. The van der Waals surface area contributed by atoms with E-state index in [1.807, 2.05) is 0 Å². The summed E-state index contributed by atoms with van der Waals surface area (Å²) in [5.41, 5.74) is 4.80. The van der Waals surface area contributed by atoms with Gasteiger partial charge in [0.2, 0.25) is 0 Å². The van der Waals surface area contributed by atoms with Crippen LogP contribution < -0.4 is 5.73 Å². The van der Waals surface area contributed by atoms with Gasteiger partial charge >= 0.3 is 6.18 Å². The first-order valence-electron chi connectivity index (χ1n) is 4.42. The van der Waals surface area contributed by atoms with E-state index in [4.69, 9.17) is 17.3 Å². The fraction of sp³-hybridized carbons (Fsp3) is 0.111. The van der Waals surface area contributed by atoms with Crippen LogP contribution in [0.4, 0.5) is 18.9 Å². The molecule has 0 radical (unpaired) electrons. The lowest BCUT2D eigenvalue weighted by atomic mass is 10.4. The molecule has 0 aliphatic heterocycles. The molecule has 2 aromatic rings. The van der Waals surface area contributed by atoms with Crippen LogP contribution in [0.25, 0.3) is 5.82 Å². The summed E-state index contributed by atoms with van der Waals surface area (Å²) in [5, 5.41) is 3.44. The van der Waals surface area contributed by atoms with Crippen LogP contribution in [0.3, 0.4) is 0 Å². The number of pyridine rings is 1. The lowest BCUT2D eigenvalue weighted by molar-refractivity contribution is -0.141. The Morgan fingerprint density at radius 1 is 1.29 bits per heavy atom. The van der Waals surface area contributed by atoms with Gasteiger partial charge in [0.25, 0.3) is 0 Å². The van der Waals surface area contributed by atoms with Gasteiger partial charge in [-0.1, -0.05) is 11.6 Å². The van der Waals surface area contributed by atoms with E-state index in [0.29, 0.717) is 5.69 Å². The fourth-order valence-electron chi connectivity index (χ4n) is 1.22. The number of halogens is 4. The van der Waals surface area contributed by atoms with Crippen molar-refractivity contribution in [1.82, 2.24) is 14.8 Å². The second-order valence-corrected chi connectivity index (χ2v) is 3.61. The van der Waals surface area contributed by atoms with E-state index in [-0.39, 0.29) is 11.0 Å². The average Bonchev–Trinajstić information content (AvgIpc) is 2.63. The van der Waals surface area contributed by atoms with E-state index in [9.17, 15) is 13.2 Å². The molecule has 4 nitrogen and oxygen atoms in total. The molecule has 0 spiro atoms. The molecule has 0 saturated heterocycles. The minimum absolute atomic E-state index is 0.0871. The number of rotatable bonds is 1. The van der Waals surface area contributed by atoms with Crippen LogP contribution in [0.1, 0.15) is 5.69 Å². The van der Waals surface area contributed by atoms with Gasteiger partial charge < -0.3 is 5.73 Å². The molecule has 8 heteroatoms. The number of hydrogen-bond donors (Lipinski definition) is 1. The molecule has 0 bridgehead atoms. The second kappa shape index (κ2) is 3.92. The van der Waals surface area contributed by atoms with E-state index in [0.717, 1.165) is 16.9 Å². The van der Waals surface area contributed by atoms with Crippen molar-refractivity contribution in [1.29, 1.82) is 0 Å². The van der Waals surface area contributed by atoms with Crippen LogP contribution in [0.5, 0.6) is 0 Å². The quantitative estimate of drug-likeness (QED) is 0.804. The number of alkyl halides is 3. The Labute approximate surface area is 98.8 Å². The summed E-state index contributed by atoms with van der Waals surface area (Å²) >= 11 is 5.64. The summed E-state index contributed by atoms with van der Waals surface area (Å²) < 4.78 is 37.9. The van der Waals surface area contributed by atoms with Gasteiger partial charge in [-0.05, 0) is 12.1 Å². The highest BCUT2D eigenvalue weighted by Gasteiger charge is 2.33. The van der Waals surface area contributed by atoms with E-state index in [1.54, 1.807) is 0 Å². The molecule has 2 rings (SSSR count). The van der Waals surface area contributed by atoms with Crippen LogP contribution in [-0.2, 0) is 6.18 Å². The smallest absolute Gasteiger partial charge is 0.399 e. The molecule has 2 N–H and O–H groups in total. The third-order valence-electron chi connectivity index (χ3n) is 1.92. The summed E-state index contributed by atoms with van der Waals surface area (Å²) in [4.78, 5) is 3.82. The Morgan fingerprint density at radius 3 is 2.53 bits per heavy atom. The summed E-state index contributed by atoms with van der Waals surface area (Å²) in [7, 11) is 0. The maximum absolute atomic E-state index is 12.3. The Hall–Kier alpha value is -1.76. The Kier molecular flexibility index (Phi) is 2.70. The first-order valence-corrected chi connectivity index (χ1v) is 4.80. The van der Waals surface area contributed by atoms with E-state index in [1.165, 1.54) is 12.1 Å². The van der Waals surface area contributed by atoms with Crippen LogP contribution in [0.2, 0.25) is 5.15 Å². The van der Waals surface area contributed by atoms with Crippen LogP contribution in [0, 0.1) is 0 Å². The molecule has 0 aromatic carbocycles. The largest absolute Gasteiger partial charge is 0.435 e. The van der Waals surface area contributed by atoms with Crippen LogP contribution in [-0.4, -0.2) is 14.8 Å². The normalized spacial score (nSPS) is 11.8. The van der Waals surface area contributed by atoms with Crippen molar-refractivity contribution in [3.05, 3.63) is 35.2 Å². The molecule has 17 heavy (non-hydrogen) atoms. The second-order valence-electron chi connectivity index (χ2n) is 3.22. The molecule has 0 saturated carbocycles. The van der Waals surface area contributed by atoms with E-state index >= 15 is 0 Å². The van der Waals surface area contributed by atoms with Gasteiger partial charge in [-0.3, -0.25) is 0 Å². The molecule has 2 aromatic heterocycles. The number of hydrogen-bond acceptors (Lipinski definition) is 3. The summed E-state index contributed by atoms with van der Waals surface area (Å²) in [6.07, 6.45) is -3.35. The highest BCUT2D eigenvalue weighted by atomic mass is 35.5. The topological polar surface area (TPSA) is 56.7 Å². The van der Waals surface area contributed by atoms with Gasteiger partial charge in [-0.25, -0.2) is 9.67 Å². The fourth-order valence-corrected chi connectivity index (χ4v) is 1.43. The highest BCUT2D eigenvalue weighted by Crippen LogP contribution is 2.28. The van der Waals surface area contributed by atoms with E-state index < -0.39 is 11.9 Å². The maximum Gasteiger partial charge on any atom is 0.435 e. The van der Waals surface area contributed by atoms with Gasteiger partial charge in [0, 0.05) is 18.0 Å². The van der Waals surface area contributed by atoms with Gasteiger partial charge in [0.15, 0.2) is 11.5 Å².